The molecule has 0 aliphatic carbocycles. The fourth-order valence-electron chi connectivity index (χ4n) is 3.54. The third-order valence-electron chi connectivity index (χ3n) is 5.19. The van der Waals surface area contributed by atoms with Gasteiger partial charge >= 0.3 is 0 Å². The number of aromatic nitrogens is 2. The summed E-state index contributed by atoms with van der Waals surface area (Å²) < 4.78 is 0. The number of likely N-dealkylation sites (N-methyl/N-ethyl adjacent to an activating group) is 1. The van der Waals surface area contributed by atoms with E-state index in [4.69, 9.17) is 16.6 Å². The molecule has 0 unspecified atom stereocenters. The molecule has 1 aromatic heterocycles. The van der Waals surface area contributed by atoms with Crippen LogP contribution in [0.25, 0.3) is 0 Å². The highest BCUT2D eigenvalue weighted by atomic mass is 35.5. The van der Waals surface area contributed by atoms with E-state index in [1.165, 1.54) is 5.69 Å². The van der Waals surface area contributed by atoms with Crippen molar-refractivity contribution in [2.24, 2.45) is 0 Å². The summed E-state index contributed by atoms with van der Waals surface area (Å²) in [5, 5.41) is 0.789. The van der Waals surface area contributed by atoms with Crippen LogP contribution in [-0.4, -0.2) is 74.3 Å². The van der Waals surface area contributed by atoms with E-state index < -0.39 is 0 Å². The molecule has 2 aromatic rings. The number of rotatable bonds is 3. The highest BCUT2D eigenvalue weighted by molar-refractivity contribution is 6.30. The number of benzene rings is 1. The molecular weight excluding hydrogens is 348 g/mol. The van der Waals surface area contributed by atoms with Gasteiger partial charge in [0, 0.05) is 69.3 Å². The van der Waals surface area contributed by atoms with E-state index in [2.05, 4.69) is 37.7 Å². The van der Waals surface area contributed by atoms with Crippen LogP contribution in [0.3, 0.4) is 0 Å². The lowest BCUT2D eigenvalue weighted by Gasteiger charge is -2.37. The van der Waals surface area contributed by atoms with Crippen molar-refractivity contribution in [3.8, 4) is 0 Å². The van der Waals surface area contributed by atoms with Crippen LogP contribution in [-0.2, 0) is 0 Å². The van der Waals surface area contributed by atoms with Gasteiger partial charge in [-0.05, 0) is 31.3 Å². The second-order valence-electron chi connectivity index (χ2n) is 6.96. The first-order chi connectivity index (χ1) is 12.7. The van der Waals surface area contributed by atoms with Gasteiger partial charge in [-0.25, -0.2) is 4.98 Å². The molecule has 3 heterocycles. The van der Waals surface area contributed by atoms with Crippen LogP contribution in [0, 0.1) is 0 Å². The minimum Gasteiger partial charge on any atom is -0.368 e. The molecule has 0 saturated carbocycles. The molecule has 2 aliphatic heterocycles. The molecule has 138 valence electrons. The lowest BCUT2D eigenvalue weighted by molar-refractivity contribution is 0.311. The van der Waals surface area contributed by atoms with Crippen molar-refractivity contribution in [3.05, 3.63) is 41.6 Å². The van der Waals surface area contributed by atoms with Gasteiger partial charge in [-0.3, -0.25) is 0 Å². The summed E-state index contributed by atoms with van der Waals surface area (Å²) in [6, 6.07) is 10.1. The quantitative estimate of drug-likeness (QED) is 0.822. The summed E-state index contributed by atoms with van der Waals surface area (Å²) in [5.41, 5.74) is 1.19. The van der Waals surface area contributed by atoms with Crippen LogP contribution in [0.15, 0.2) is 36.5 Å². The molecule has 2 aliphatic rings. The zero-order chi connectivity index (χ0) is 17.9. The summed E-state index contributed by atoms with van der Waals surface area (Å²) >= 11 is 6.13. The molecule has 26 heavy (non-hydrogen) atoms. The molecule has 0 atom stereocenters. The minimum absolute atomic E-state index is 0.789. The zero-order valence-electron chi connectivity index (χ0n) is 15.2. The smallest absolute Gasteiger partial charge is 0.227 e. The van der Waals surface area contributed by atoms with Crippen molar-refractivity contribution < 1.29 is 0 Å². The Labute approximate surface area is 160 Å². The van der Waals surface area contributed by atoms with Crippen LogP contribution in [0.4, 0.5) is 17.5 Å². The zero-order valence-corrected chi connectivity index (χ0v) is 15.9. The van der Waals surface area contributed by atoms with Gasteiger partial charge in [-0.1, -0.05) is 17.7 Å². The number of halogens is 1. The predicted octanol–water partition coefficient (Wildman–Crippen LogP) is 2.21. The van der Waals surface area contributed by atoms with Gasteiger partial charge < -0.3 is 19.6 Å². The molecule has 0 amide bonds. The fourth-order valence-corrected chi connectivity index (χ4v) is 3.73. The third kappa shape index (κ3) is 3.86. The predicted molar refractivity (Wildman–Crippen MR) is 108 cm³/mol. The molecule has 4 rings (SSSR count). The summed E-state index contributed by atoms with van der Waals surface area (Å²) in [6.07, 6.45) is 1.89. The van der Waals surface area contributed by atoms with Crippen LogP contribution < -0.4 is 14.7 Å². The first-order valence-corrected chi connectivity index (χ1v) is 9.59. The van der Waals surface area contributed by atoms with Gasteiger partial charge in [0.2, 0.25) is 5.95 Å². The van der Waals surface area contributed by atoms with E-state index in [1.54, 1.807) is 0 Å². The SMILES string of the molecule is CN1CCN(c2nccc(N3CCN(c4cccc(Cl)c4)CC3)n2)CC1. The van der Waals surface area contributed by atoms with E-state index in [-0.39, 0.29) is 0 Å². The monoisotopic (exact) mass is 372 g/mol. The van der Waals surface area contributed by atoms with Crippen molar-refractivity contribution in [2.75, 3.05) is 74.1 Å². The van der Waals surface area contributed by atoms with E-state index in [0.717, 1.165) is 69.1 Å². The Kier molecular flexibility index (Phi) is 5.13. The van der Waals surface area contributed by atoms with Crippen molar-refractivity contribution in [3.63, 3.8) is 0 Å². The van der Waals surface area contributed by atoms with Crippen molar-refractivity contribution in [2.45, 2.75) is 0 Å². The Morgan fingerprint density at radius 1 is 0.846 bits per heavy atom. The number of nitrogens with zero attached hydrogens (tertiary/aromatic N) is 6. The van der Waals surface area contributed by atoms with Gasteiger partial charge in [-0.2, -0.15) is 4.98 Å². The standard InChI is InChI=1S/C19H25ClN6/c1-23-7-9-26(10-8-23)19-21-6-5-18(22-19)25-13-11-24(12-14-25)17-4-2-3-16(20)15-17/h2-6,15H,7-14H2,1H3. The summed E-state index contributed by atoms with van der Waals surface area (Å²) in [6.45, 7) is 7.93. The van der Waals surface area contributed by atoms with E-state index in [0.29, 0.717) is 0 Å². The Morgan fingerprint density at radius 2 is 1.54 bits per heavy atom. The molecule has 7 heteroatoms. The van der Waals surface area contributed by atoms with Crippen LogP contribution in [0.5, 0.6) is 0 Å². The normalized spacial score (nSPS) is 19.1. The third-order valence-corrected chi connectivity index (χ3v) is 5.43. The molecule has 1 aromatic carbocycles. The maximum atomic E-state index is 6.13. The summed E-state index contributed by atoms with van der Waals surface area (Å²) in [7, 11) is 2.16. The highest BCUT2D eigenvalue weighted by Crippen LogP contribution is 2.23. The Morgan fingerprint density at radius 3 is 2.27 bits per heavy atom. The Hall–Kier alpha value is -2.05. The van der Waals surface area contributed by atoms with E-state index in [9.17, 15) is 0 Å². The average Bonchev–Trinajstić information content (AvgIpc) is 2.69. The first-order valence-electron chi connectivity index (χ1n) is 9.21. The Bertz CT molecular complexity index is 738. The van der Waals surface area contributed by atoms with Crippen molar-refractivity contribution >= 4 is 29.1 Å². The molecule has 2 saturated heterocycles. The van der Waals surface area contributed by atoms with Gasteiger partial charge in [-0.15, -0.1) is 0 Å². The van der Waals surface area contributed by atoms with Crippen molar-refractivity contribution in [1.82, 2.24) is 14.9 Å². The number of piperazine rings is 2. The number of hydrogen-bond donors (Lipinski definition) is 0. The van der Waals surface area contributed by atoms with Gasteiger partial charge in [0.1, 0.15) is 5.82 Å². The van der Waals surface area contributed by atoms with Crippen LogP contribution in [0.1, 0.15) is 0 Å². The lowest BCUT2D eigenvalue weighted by atomic mass is 10.2. The van der Waals surface area contributed by atoms with Crippen molar-refractivity contribution in [1.29, 1.82) is 0 Å². The second-order valence-corrected chi connectivity index (χ2v) is 7.40. The molecule has 0 N–H and O–H groups in total. The molecule has 0 bridgehead atoms. The maximum absolute atomic E-state index is 6.13. The Balaban J connectivity index is 1.41. The topological polar surface area (TPSA) is 38.7 Å². The van der Waals surface area contributed by atoms with E-state index >= 15 is 0 Å². The summed E-state index contributed by atoms with van der Waals surface area (Å²) in [4.78, 5) is 18.7. The maximum Gasteiger partial charge on any atom is 0.227 e. The van der Waals surface area contributed by atoms with Crippen LogP contribution in [0.2, 0.25) is 5.02 Å². The second kappa shape index (κ2) is 7.68. The molecular formula is C19H25ClN6. The average molecular weight is 373 g/mol. The van der Waals surface area contributed by atoms with Crippen LogP contribution >= 0.6 is 11.6 Å². The first kappa shape index (κ1) is 17.4. The van der Waals surface area contributed by atoms with E-state index in [1.807, 2.05) is 30.5 Å². The molecule has 0 spiro atoms. The molecule has 2 fully saturated rings. The van der Waals surface area contributed by atoms with Gasteiger partial charge in [0.15, 0.2) is 0 Å². The fraction of sp³-hybridized carbons (Fsp3) is 0.474. The van der Waals surface area contributed by atoms with Gasteiger partial charge in [0.25, 0.3) is 0 Å². The molecule has 0 radical (unpaired) electrons. The number of anilines is 3. The highest BCUT2D eigenvalue weighted by Gasteiger charge is 2.21. The number of hydrogen-bond acceptors (Lipinski definition) is 6. The largest absolute Gasteiger partial charge is 0.368 e. The summed E-state index contributed by atoms with van der Waals surface area (Å²) in [5.74, 6) is 1.88. The lowest BCUT2D eigenvalue weighted by Crippen LogP contribution is -2.47. The minimum atomic E-state index is 0.789. The van der Waals surface area contributed by atoms with Gasteiger partial charge in [0.05, 0.1) is 0 Å². The molecule has 6 nitrogen and oxygen atoms in total.